The van der Waals surface area contributed by atoms with E-state index in [1.54, 1.807) is 31.3 Å². The van der Waals surface area contributed by atoms with E-state index < -0.39 is 9.84 Å². The number of hydrogen-bond donors (Lipinski definition) is 2. The molecule has 0 saturated carbocycles. The zero-order chi connectivity index (χ0) is 19.5. The molecular weight excluding hydrogens is 487 g/mol. The molecule has 0 bridgehead atoms. The van der Waals surface area contributed by atoms with Gasteiger partial charge in [0.1, 0.15) is 0 Å². The number of rotatable bonds is 9. The van der Waals surface area contributed by atoms with Crippen LogP contribution in [0.1, 0.15) is 32.6 Å². The molecule has 0 unspecified atom stereocenters. The van der Waals surface area contributed by atoms with Gasteiger partial charge in [0.15, 0.2) is 15.8 Å². The van der Waals surface area contributed by atoms with E-state index in [-0.39, 0.29) is 29.7 Å². The Morgan fingerprint density at radius 3 is 2.32 bits per heavy atom. The third-order valence-corrected chi connectivity index (χ3v) is 6.84. The SMILES string of the molecule is CN=C(NCCCN1CCC(C)CC1)NCCCS(=O)(=O)c1ccccc1.I. The number of likely N-dealkylation sites (tertiary alicyclic amines) is 1. The highest BCUT2D eigenvalue weighted by molar-refractivity contribution is 14.0. The van der Waals surface area contributed by atoms with Crippen molar-refractivity contribution in [2.45, 2.75) is 37.5 Å². The number of benzene rings is 1. The molecular formula is C20H35IN4O2S. The van der Waals surface area contributed by atoms with Crippen molar-refractivity contribution in [3.8, 4) is 0 Å². The summed E-state index contributed by atoms with van der Waals surface area (Å²) in [5.41, 5.74) is 0. The minimum absolute atomic E-state index is 0. The van der Waals surface area contributed by atoms with Crippen molar-refractivity contribution in [2.75, 3.05) is 45.5 Å². The van der Waals surface area contributed by atoms with Crippen molar-refractivity contribution in [3.63, 3.8) is 0 Å². The molecule has 1 aromatic rings. The summed E-state index contributed by atoms with van der Waals surface area (Å²) >= 11 is 0. The summed E-state index contributed by atoms with van der Waals surface area (Å²) in [6.07, 6.45) is 4.24. The van der Waals surface area contributed by atoms with Crippen LogP contribution in [0.15, 0.2) is 40.2 Å². The lowest BCUT2D eigenvalue weighted by Gasteiger charge is -2.30. The van der Waals surface area contributed by atoms with E-state index in [1.165, 1.54) is 25.9 Å². The van der Waals surface area contributed by atoms with Gasteiger partial charge in [-0.05, 0) is 63.4 Å². The van der Waals surface area contributed by atoms with Gasteiger partial charge in [-0.2, -0.15) is 0 Å². The number of aliphatic imine (C=N–C) groups is 1. The first-order valence-corrected chi connectivity index (χ1v) is 11.6. The van der Waals surface area contributed by atoms with Crippen LogP contribution < -0.4 is 10.6 Å². The van der Waals surface area contributed by atoms with Crippen molar-refractivity contribution in [2.24, 2.45) is 10.9 Å². The molecule has 160 valence electrons. The van der Waals surface area contributed by atoms with Gasteiger partial charge in [-0.25, -0.2) is 8.42 Å². The molecule has 0 aliphatic carbocycles. The third-order valence-electron chi connectivity index (χ3n) is 5.03. The van der Waals surface area contributed by atoms with Gasteiger partial charge in [0.05, 0.1) is 10.6 Å². The summed E-state index contributed by atoms with van der Waals surface area (Å²) in [6, 6.07) is 8.61. The lowest BCUT2D eigenvalue weighted by Crippen LogP contribution is -2.40. The minimum atomic E-state index is -3.21. The summed E-state index contributed by atoms with van der Waals surface area (Å²) in [5, 5.41) is 6.51. The number of hydrogen-bond acceptors (Lipinski definition) is 4. The normalized spacial score (nSPS) is 16.4. The van der Waals surface area contributed by atoms with Crippen molar-refractivity contribution in [3.05, 3.63) is 30.3 Å². The van der Waals surface area contributed by atoms with Crippen molar-refractivity contribution >= 4 is 39.8 Å². The highest BCUT2D eigenvalue weighted by Crippen LogP contribution is 2.15. The smallest absolute Gasteiger partial charge is 0.190 e. The first-order valence-electron chi connectivity index (χ1n) is 9.96. The molecule has 8 heteroatoms. The van der Waals surface area contributed by atoms with Crippen molar-refractivity contribution in [1.29, 1.82) is 0 Å². The van der Waals surface area contributed by atoms with E-state index >= 15 is 0 Å². The van der Waals surface area contributed by atoms with E-state index in [4.69, 9.17) is 0 Å². The maximum Gasteiger partial charge on any atom is 0.190 e. The molecule has 1 aromatic carbocycles. The predicted molar refractivity (Wildman–Crippen MR) is 127 cm³/mol. The molecule has 1 saturated heterocycles. The second kappa shape index (κ2) is 13.4. The van der Waals surface area contributed by atoms with Gasteiger partial charge >= 0.3 is 0 Å². The summed E-state index contributed by atoms with van der Waals surface area (Å²) in [4.78, 5) is 7.13. The van der Waals surface area contributed by atoms with E-state index in [2.05, 4.69) is 27.4 Å². The molecule has 1 heterocycles. The fraction of sp³-hybridized carbons (Fsp3) is 0.650. The van der Waals surface area contributed by atoms with Crippen LogP contribution in [0.25, 0.3) is 0 Å². The highest BCUT2D eigenvalue weighted by atomic mass is 127. The molecule has 0 atom stereocenters. The number of nitrogens with zero attached hydrogens (tertiary/aromatic N) is 2. The largest absolute Gasteiger partial charge is 0.356 e. The lowest BCUT2D eigenvalue weighted by atomic mass is 9.99. The zero-order valence-corrected chi connectivity index (χ0v) is 20.2. The Morgan fingerprint density at radius 2 is 1.71 bits per heavy atom. The maximum absolute atomic E-state index is 12.2. The fourth-order valence-corrected chi connectivity index (χ4v) is 4.56. The summed E-state index contributed by atoms with van der Waals surface area (Å²) < 4.78 is 24.5. The maximum atomic E-state index is 12.2. The van der Waals surface area contributed by atoms with Crippen molar-refractivity contribution in [1.82, 2.24) is 15.5 Å². The number of halogens is 1. The first-order chi connectivity index (χ1) is 13.0. The van der Waals surface area contributed by atoms with Gasteiger partial charge < -0.3 is 15.5 Å². The molecule has 2 N–H and O–H groups in total. The van der Waals surface area contributed by atoms with Gasteiger partial charge in [-0.1, -0.05) is 25.1 Å². The fourth-order valence-electron chi connectivity index (χ4n) is 3.23. The van der Waals surface area contributed by atoms with Crippen LogP contribution in [-0.2, 0) is 9.84 Å². The van der Waals surface area contributed by atoms with Crippen LogP contribution >= 0.6 is 24.0 Å². The minimum Gasteiger partial charge on any atom is -0.356 e. The molecule has 0 aromatic heterocycles. The standard InChI is InChI=1S/C20H34N4O2S.HI/c1-18-10-15-24(16-11-18)14-6-12-22-20(21-2)23-13-7-17-27(25,26)19-8-4-3-5-9-19;/h3-5,8-9,18H,6-7,10-17H2,1-2H3,(H2,21,22,23);1H. The second-order valence-electron chi connectivity index (χ2n) is 7.29. The molecule has 6 nitrogen and oxygen atoms in total. The zero-order valence-electron chi connectivity index (χ0n) is 17.1. The number of guanidine groups is 1. The van der Waals surface area contributed by atoms with E-state index in [0.717, 1.165) is 31.4 Å². The lowest BCUT2D eigenvalue weighted by molar-refractivity contribution is 0.191. The summed E-state index contributed by atoms with van der Waals surface area (Å²) in [7, 11) is -1.47. The third kappa shape index (κ3) is 9.09. The van der Waals surface area contributed by atoms with Gasteiger partial charge in [0, 0.05) is 20.1 Å². The number of nitrogens with one attached hydrogen (secondary N) is 2. The Morgan fingerprint density at radius 1 is 1.11 bits per heavy atom. The number of piperidine rings is 1. The Bertz CT molecular complexity index is 675. The van der Waals surface area contributed by atoms with Crippen LogP contribution in [0.3, 0.4) is 0 Å². The summed E-state index contributed by atoms with van der Waals surface area (Å²) in [6.45, 7) is 7.32. The quantitative estimate of drug-likeness (QED) is 0.226. The Kier molecular flexibility index (Phi) is 12.0. The molecule has 0 radical (unpaired) electrons. The molecule has 0 amide bonds. The molecule has 2 rings (SSSR count). The molecule has 1 fully saturated rings. The number of sulfone groups is 1. The molecule has 0 spiro atoms. The average Bonchev–Trinajstić information content (AvgIpc) is 2.69. The second-order valence-corrected chi connectivity index (χ2v) is 9.40. The van der Waals surface area contributed by atoms with Crippen LogP contribution in [0.5, 0.6) is 0 Å². The van der Waals surface area contributed by atoms with Gasteiger partial charge in [0.25, 0.3) is 0 Å². The van der Waals surface area contributed by atoms with Crippen LogP contribution in [0, 0.1) is 5.92 Å². The van der Waals surface area contributed by atoms with Crippen LogP contribution in [0.2, 0.25) is 0 Å². The summed E-state index contributed by atoms with van der Waals surface area (Å²) in [5.74, 6) is 1.74. The molecule has 1 aliphatic heterocycles. The van der Waals surface area contributed by atoms with E-state index in [9.17, 15) is 8.42 Å². The van der Waals surface area contributed by atoms with Gasteiger partial charge in [-0.3, -0.25) is 4.99 Å². The highest BCUT2D eigenvalue weighted by Gasteiger charge is 2.15. The molecule has 28 heavy (non-hydrogen) atoms. The average molecular weight is 522 g/mol. The first kappa shape index (κ1) is 25.2. The van der Waals surface area contributed by atoms with E-state index in [0.29, 0.717) is 17.9 Å². The monoisotopic (exact) mass is 522 g/mol. The van der Waals surface area contributed by atoms with Gasteiger partial charge in [0.2, 0.25) is 0 Å². The van der Waals surface area contributed by atoms with Crippen LogP contribution in [-0.4, -0.2) is 64.8 Å². The van der Waals surface area contributed by atoms with Crippen LogP contribution in [0.4, 0.5) is 0 Å². The molecule has 1 aliphatic rings. The Hall–Kier alpha value is -0.870. The predicted octanol–water partition coefficient (Wildman–Crippen LogP) is 2.76. The van der Waals surface area contributed by atoms with E-state index in [1.807, 2.05) is 6.07 Å². The Balaban J connectivity index is 0.00000392. The van der Waals surface area contributed by atoms with Crippen molar-refractivity contribution < 1.29 is 8.42 Å². The van der Waals surface area contributed by atoms with Gasteiger partial charge in [-0.15, -0.1) is 24.0 Å². The Labute approximate surface area is 187 Å². The topological polar surface area (TPSA) is 73.8 Å².